The van der Waals surface area contributed by atoms with E-state index in [1.165, 1.54) is 0 Å². The van der Waals surface area contributed by atoms with Crippen molar-refractivity contribution < 1.29 is 31.1 Å². The predicted octanol–water partition coefficient (Wildman–Crippen LogP) is 3.80. The first-order valence-corrected chi connectivity index (χ1v) is 6.77. The molecule has 0 heterocycles. The lowest BCUT2D eigenvalue weighted by molar-refractivity contribution is -0.304. The Kier molecular flexibility index (Phi) is 5.90. The van der Waals surface area contributed by atoms with Crippen LogP contribution in [0.15, 0.2) is 30.3 Å². The van der Waals surface area contributed by atoms with Crippen LogP contribution in [-0.4, -0.2) is 30.5 Å². The molecule has 0 atom stereocenters. The van der Waals surface area contributed by atoms with Crippen molar-refractivity contribution in [1.82, 2.24) is 10.6 Å². The van der Waals surface area contributed by atoms with Crippen LogP contribution in [0, 0.1) is 0 Å². The van der Waals surface area contributed by atoms with Crippen molar-refractivity contribution in [3.05, 3.63) is 35.9 Å². The Balaban J connectivity index is 2.71. The second-order valence-electron chi connectivity index (χ2n) is 4.87. The third kappa shape index (κ3) is 4.52. The van der Waals surface area contributed by atoms with Crippen molar-refractivity contribution in [2.45, 2.75) is 37.7 Å². The molecule has 130 valence electrons. The molecule has 2 amide bonds. The van der Waals surface area contributed by atoms with E-state index in [9.17, 15) is 31.1 Å². The Morgan fingerprint density at radius 3 is 1.96 bits per heavy atom. The van der Waals surface area contributed by atoms with Gasteiger partial charge in [0.1, 0.15) is 0 Å². The Labute approximate surface area is 129 Å². The number of carbonyl (C=O) groups excluding carboxylic acids is 1. The van der Waals surface area contributed by atoms with Gasteiger partial charge in [-0.15, -0.1) is 0 Å². The highest BCUT2D eigenvalue weighted by molar-refractivity contribution is 5.75. The van der Waals surface area contributed by atoms with E-state index in [0.29, 0.717) is 6.92 Å². The minimum atomic E-state index is -5.66. The molecule has 0 fully saturated rings. The molecule has 1 rings (SSSR count). The summed E-state index contributed by atoms with van der Waals surface area (Å²) in [6, 6.07) is 7.14. The van der Waals surface area contributed by atoms with E-state index in [4.69, 9.17) is 0 Å². The molecule has 3 nitrogen and oxygen atoms in total. The van der Waals surface area contributed by atoms with Gasteiger partial charge in [0.15, 0.2) is 0 Å². The van der Waals surface area contributed by atoms with E-state index >= 15 is 0 Å². The van der Waals surface area contributed by atoms with Crippen molar-refractivity contribution in [3.8, 4) is 0 Å². The van der Waals surface area contributed by atoms with Crippen LogP contribution in [0.3, 0.4) is 0 Å². The van der Waals surface area contributed by atoms with E-state index < -0.39 is 30.3 Å². The van der Waals surface area contributed by atoms with E-state index in [1.54, 1.807) is 30.3 Å². The van der Waals surface area contributed by atoms with Crippen molar-refractivity contribution in [3.63, 3.8) is 0 Å². The maximum absolute atomic E-state index is 12.9. The zero-order valence-corrected chi connectivity index (χ0v) is 12.2. The lowest BCUT2D eigenvalue weighted by Crippen LogP contribution is -2.68. The van der Waals surface area contributed by atoms with Crippen LogP contribution in [0.4, 0.5) is 31.1 Å². The second-order valence-corrected chi connectivity index (χ2v) is 4.87. The second kappa shape index (κ2) is 7.10. The molecule has 0 aromatic heterocycles. The number of nitrogens with one attached hydrogen (secondary N) is 2. The molecule has 9 heteroatoms. The minimum Gasteiger partial charge on any atom is -0.338 e. The van der Waals surface area contributed by atoms with E-state index in [0.717, 1.165) is 10.9 Å². The smallest absolute Gasteiger partial charge is 0.338 e. The number of halogens is 6. The van der Waals surface area contributed by atoms with Crippen LogP contribution >= 0.6 is 0 Å². The van der Waals surface area contributed by atoms with Crippen LogP contribution in [-0.2, 0) is 6.42 Å². The molecule has 0 aliphatic rings. The normalized spacial score (nSPS) is 12.8. The summed E-state index contributed by atoms with van der Waals surface area (Å²) >= 11 is 0. The first-order valence-electron chi connectivity index (χ1n) is 6.77. The molecule has 23 heavy (non-hydrogen) atoms. The molecule has 0 aliphatic heterocycles. The van der Waals surface area contributed by atoms with Crippen molar-refractivity contribution in [1.29, 1.82) is 0 Å². The van der Waals surface area contributed by atoms with E-state index in [1.807, 2.05) is 5.32 Å². The Morgan fingerprint density at radius 1 is 1.00 bits per heavy atom. The summed E-state index contributed by atoms with van der Waals surface area (Å²) in [6.07, 6.45) is -12.4. The van der Waals surface area contributed by atoms with Crippen LogP contribution in [0.2, 0.25) is 0 Å². The van der Waals surface area contributed by atoms with Gasteiger partial charge in [-0.1, -0.05) is 37.3 Å². The molecule has 0 saturated carbocycles. The van der Waals surface area contributed by atoms with Crippen LogP contribution < -0.4 is 10.6 Å². The zero-order chi connectivity index (χ0) is 17.7. The molecule has 2 N–H and O–H groups in total. The van der Waals surface area contributed by atoms with Gasteiger partial charge in [-0.2, -0.15) is 26.3 Å². The molecule has 0 aliphatic carbocycles. The molecule has 1 aromatic rings. The molecule has 0 bridgehead atoms. The summed E-state index contributed by atoms with van der Waals surface area (Å²) in [5.74, 6) is 0. The lowest BCUT2D eigenvalue weighted by atomic mass is 9.94. The monoisotopic (exact) mass is 342 g/mol. The fourth-order valence-corrected chi connectivity index (χ4v) is 1.99. The summed E-state index contributed by atoms with van der Waals surface area (Å²) in [4.78, 5) is 11.5. The highest BCUT2D eigenvalue weighted by Gasteiger charge is 2.70. The predicted molar refractivity (Wildman–Crippen MR) is 71.8 cm³/mol. The standard InChI is InChI=1S/C14H16F6N2O/c1-2-12(13(15,16)17,14(18,19)20)22-11(23)21-9-8-10-6-4-3-5-7-10/h3-7H,2,8-9H2,1H3,(H2,21,22,23). The quantitative estimate of drug-likeness (QED) is 0.785. The van der Waals surface area contributed by atoms with Crippen molar-refractivity contribution >= 4 is 6.03 Å². The zero-order valence-electron chi connectivity index (χ0n) is 12.2. The van der Waals surface area contributed by atoms with Crippen LogP contribution in [0.1, 0.15) is 18.9 Å². The van der Waals surface area contributed by atoms with Gasteiger partial charge in [0.25, 0.3) is 0 Å². The fraction of sp³-hybridized carbons (Fsp3) is 0.500. The van der Waals surface area contributed by atoms with Crippen molar-refractivity contribution in [2.75, 3.05) is 6.54 Å². The summed E-state index contributed by atoms with van der Waals surface area (Å²) in [6.45, 7) is 0.622. The van der Waals surface area contributed by atoms with Gasteiger partial charge in [-0.25, -0.2) is 4.79 Å². The summed E-state index contributed by atoms with van der Waals surface area (Å²) in [7, 11) is 0. The van der Waals surface area contributed by atoms with Gasteiger partial charge in [-0.3, -0.25) is 0 Å². The van der Waals surface area contributed by atoms with Gasteiger partial charge in [0, 0.05) is 6.54 Å². The minimum absolute atomic E-state index is 0.0919. The van der Waals surface area contributed by atoms with Crippen LogP contribution in [0.25, 0.3) is 0 Å². The number of hydrogen-bond acceptors (Lipinski definition) is 1. The number of carbonyl (C=O) groups is 1. The highest BCUT2D eigenvalue weighted by Crippen LogP contribution is 2.45. The highest BCUT2D eigenvalue weighted by atomic mass is 19.4. The average Bonchev–Trinajstić information content (AvgIpc) is 2.43. The number of benzene rings is 1. The Morgan fingerprint density at radius 2 is 1.52 bits per heavy atom. The number of urea groups is 1. The molecular formula is C14H16F6N2O. The molecule has 0 unspecified atom stereocenters. The maximum atomic E-state index is 12.9. The van der Waals surface area contributed by atoms with Gasteiger partial charge < -0.3 is 10.6 Å². The molecule has 0 radical (unpaired) electrons. The SMILES string of the molecule is CCC(NC(=O)NCCc1ccccc1)(C(F)(F)F)C(F)(F)F. The Hall–Kier alpha value is -1.93. The number of amides is 2. The topological polar surface area (TPSA) is 41.1 Å². The lowest BCUT2D eigenvalue weighted by Gasteiger charge is -2.37. The van der Waals surface area contributed by atoms with Gasteiger partial charge in [-0.05, 0) is 18.4 Å². The average molecular weight is 342 g/mol. The fourth-order valence-electron chi connectivity index (χ4n) is 1.99. The maximum Gasteiger partial charge on any atom is 0.420 e. The molecule has 0 saturated heterocycles. The largest absolute Gasteiger partial charge is 0.420 e. The molecular weight excluding hydrogens is 326 g/mol. The van der Waals surface area contributed by atoms with Gasteiger partial charge in [0.2, 0.25) is 5.54 Å². The number of alkyl halides is 6. The van der Waals surface area contributed by atoms with E-state index in [-0.39, 0.29) is 13.0 Å². The Bertz CT molecular complexity index is 498. The van der Waals surface area contributed by atoms with Gasteiger partial charge in [0.05, 0.1) is 0 Å². The third-order valence-electron chi connectivity index (χ3n) is 3.37. The number of rotatable bonds is 5. The summed E-state index contributed by atoms with van der Waals surface area (Å²) < 4.78 is 77.1. The first-order chi connectivity index (χ1) is 10.5. The van der Waals surface area contributed by atoms with Gasteiger partial charge >= 0.3 is 18.4 Å². The number of hydrogen-bond donors (Lipinski definition) is 2. The summed E-state index contributed by atoms with van der Waals surface area (Å²) in [5.41, 5.74) is -3.47. The van der Waals surface area contributed by atoms with Crippen LogP contribution in [0.5, 0.6) is 0 Å². The third-order valence-corrected chi connectivity index (χ3v) is 3.37. The summed E-state index contributed by atoms with van der Waals surface area (Å²) in [5, 5.41) is 3.06. The molecule has 0 spiro atoms. The first kappa shape index (κ1) is 19.1. The molecule has 1 aromatic carbocycles. The van der Waals surface area contributed by atoms with Crippen molar-refractivity contribution in [2.24, 2.45) is 0 Å². The van der Waals surface area contributed by atoms with E-state index in [2.05, 4.69) is 0 Å².